The number of fused-ring (bicyclic) bond motifs is 3. The van der Waals surface area contributed by atoms with Gasteiger partial charge in [0.2, 0.25) is 12.7 Å². The SMILES string of the molecule is COC1=CC23CCCN2CCc2cc4c(cc2C3C1OC(=O)C(O)(CCCC(C)(C)O)CC(=O)NC1CCCCC1)OCO4. The first kappa shape index (κ1) is 31.2. The van der Waals surface area contributed by atoms with Crippen LogP contribution in [0.2, 0.25) is 0 Å². The first-order valence-corrected chi connectivity index (χ1v) is 16.4. The number of methoxy groups -OCH3 is 1. The number of hydrogen-bond donors (Lipinski definition) is 3. The molecule has 3 heterocycles. The molecule has 242 valence electrons. The van der Waals surface area contributed by atoms with Gasteiger partial charge < -0.3 is 34.5 Å². The highest BCUT2D eigenvalue weighted by molar-refractivity contribution is 5.88. The molecule has 10 heteroatoms. The lowest BCUT2D eigenvalue weighted by molar-refractivity contribution is -0.176. The fraction of sp³-hybridized carbons (Fsp3) is 0.706. The molecule has 2 aliphatic carbocycles. The van der Waals surface area contributed by atoms with Gasteiger partial charge in [0.1, 0.15) is 5.76 Å². The van der Waals surface area contributed by atoms with Gasteiger partial charge in [-0.05, 0) is 101 Å². The molecule has 3 N–H and O–H groups in total. The Morgan fingerprint density at radius 2 is 1.82 bits per heavy atom. The molecule has 4 unspecified atom stereocenters. The fourth-order valence-electron chi connectivity index (χ4n) is 8.19. The number of benzene rings is 1. The van der Waals surface area contributed by atoms with E-state index >= 15 is 0 Å². The van der Waals surface area contributed by atoms with E-state index in [4.69, 9.17) is 18.9 Å². The molecule has 1 saturated carbocycles. The number of amides is 1. The summed E-state index contributed by atoms with van der Waals surface area (Å²) < 4.78 is 23.7. The number of aliphatic hydroxyl groups is 2. The zero-order valence-electron chi connectivity index (χ0n) is 26.4. The summed E-state index contributed by atoms with van der Waals surface area (Å²) in [6.45, 7) is 5.32. The fourth-order valence-corrected chi connectivity index (χ4v) is 8.19. The van der Waals surface area contributed by atoms with E-state index in [1.807, 2.05) is 12.1 Å². The number of carbonyl (C=O) groups excluding carboxylic acids is 2. The van der Waals surface area contributed by atoms with E-state index < -0.39 is 35.2 Å². The van der Waals surface area contributed by atoms with Gasteiger partial charge in [-0.25, -0.2) is 4.79 Å². The van der Waals surface area contributed by atoms with Crippen LogP contribution in [0.3, 0.4) is 0 Å². The van der Waals surface area contributed by atoms with Crippen molar-refractivity contribution in [2.24, 2.45) is 0 Å². The quantitative estimate of drug-likeness (QED) is 0.338. The van der Waals surface area contributed by atoms with E-state index in [0.29, 0.717) is 24.4 Å². The number of nitrogens with zero attached hydrogens (tertiary/aromatic N) is 1. The van der Waals surface area contributed by atoms with Crippen molar-refractivity contribution in [2.45, 2.75) is 126 Å². The summed E-state index contributed by atoms with van der Waals surface area (Å²) in [6.07, 6.45) is 9.38. The van der Waals surface area contributed by atoms with E-state index in [1.165, 1.54) is 0 Å². The van der Waals surface area contributed by atoms with Crippen molar-refractivity contribution in [3.8, 4) is 11.5 Å². The topological polar surface area (TPSA) is 127 Å². The summed E-state index contributed by atoms with van der Waals surface area (Å²) in [5.74, 6) is 0.451. The first-order chi connectivity index (χ1) is 21.0. The van der Waals surface area contributed by atoms with Crippen LogP contribution >= 0.6 is 0 Å². The van der Waals surface area contributed by atoms with Crippen LogP contribution in [0.4, 0.5) is 0 Å². The Balaban J connectivity index is 1.30. The number of carbonyl (C=O) groups is 2. The summed E-state index contributed by atoms with van der Waals surface area (Å²) in [7, 11) is 1.58. The predicted octanol–water partition coefficient (Wildman–Crippen LogP) is 3.86. The number of esters is 1. The second kappa shape index (κ2) is 12.2. The zero-order valence-corrected chi connectivity index (χ0v) is 26.4. The second-order valence-electron chi connectivity index (χ2n) is 14.1. The van der Waals surface area contributed by atoms with Gasteiger partial charge in [0.25, 0.3) is 0 Å². The standard InChI is InChI=1S/C34H48N2O8/c1-32(2,39)12-7-14-34(40,20-28(37)35-23-9-5-4-6-10-23)31(38)44-30-27(41-3)19-33-13-8-15-36(33)16-11-22-17-25-26(43-21-42-25)18-24(22)29(30)33/h17-19,23,29-30,39-40H,4-16,20-21H2,1-3H3,(H,35,37). The third-order valence-corrected chi connectivity index (χ3v) is 10.4. The monoisotopic (exact) mass is 612 g/mol. The Bertz CT molecular complexity index is 1280. The normalized spacial score (nSPS) is 27.8. The van der Waals surface area contributed by atoms with Gasteiger partial charge >= 0.3 is 5.97 Å². The first-order valence-electron chi connectivity index (χ1n) is 16.4. The molecule has 3 aliphatic heterocycles. The van der Waals surface area contributed by atoms with Gasteiger partial charge in [-0.2, -0.15) is 0 Å². The van der Waals surface area contributed by atoms with Crippen LogP contribution in [-0.4, -0.2) is 82.9 Å². The number of hydrogen-bond acceptors (Lipinski definition) is 9. The lowest BCUT2D eigenvalue weighted by atomic mass is 9.77. The van der Waals surface area contributed by atoms with E-state index in [-0.39, 0.29) is 31.1 Å². The molecule has 5 aliphatic rings. The molecule has 0 radical (unpaired) electrons. The lowest BCUT2D eigenvalue weighted by Crippen LogP contribution is -2.50. The minimum atomic E-state index is -2.06. The van der Waals surface area contributed by atoms with Crippen molar-refractivity contribution in [3.05, 3.63) is 35.1 Å². The molecule has 10 nitrogen and oxygen atoms in total. The lowest BCUT2D eigenvalue weighted by Gasteiger charge is -2.39. The molecule has 1 aromatic carbocycles. The van der Waals surface area contributed by atoms with Gasteiger partial charge in [0.05, 0.1) is 30.6 Å². The summed E-state index contributed by atoms with van der Waals surface area (Å²) in [5, 5.41) is 25.3. The third-order valence-electron chi connectivity index (χ3n) is 10.4. The van der Waals surface area contributed by atoms with Crippen LogP contribution in [0.15, 0.2) is 24.0 Å². The highest BCUT2D eigenvalue weighted by Gasteiger charge is 2.59. The van der Waals surface area contributed by atoms with E-state index in [2.05, 4.69) is 16.3 Å². The van der Waals surface area contributed by atoms with E-state index in [1.54, 1.807) is 21.0 Å². The van der Waals surface area contributed by atoms with Crippen molar-refractivity contribution in [1.82, 2.24) is 10.2 Å². The van der Waals surface area contributed by atoms with Gasteiger partial charge in [0.15, 0.2) is 23.2 Å². The van der Waals surface area contributed by atoms with Crippen molar-refractivity contribution < 1.29 is 38.7 Å². The van der Waals surface area contributed by atoms with E-state index in [0.717, 1.165) is 81.3 Å². The highest BCUT2D eigenvalue weighted by Crippen LogP contribution is 2.55. The number of ether oxygens (including phenoxy) is 4. The van der Waals surface area contributed by atoms with Crippen molar-refractivity contribution in [3.63, 3.8) is 0 Å². The number of nitrogens with one attached hydrogen (secondary N) is 1. The molecule has 1 saturated heterocycles. The maximum Gasteiger partial charge on any atom is 0.339 e. The van der Waals surface area contributed by atoms with Crippen LogP contribution in [0.25, 0.3) is 0 Å². The van der Waals surface area contributed by atoms with Gasteiger partial charge in [-0.3, -0.25) is 9.69 Å². The molecule has 6 rings (SSSR count). The summed E-state index contributed by atoms with van der Waals surface area (Å²) in [6, 6.07) is 4.11. The molecule has 0 aromatic heterocycles. The molecule has 2 fully saturated rings. The molecule has 0 bridgehead atoms. The van der Waals surface area contributed by atoms with Gasteiger partial charge in [-0.1, -0.05) is 19.3 Å². The Labute approximate surface area is 260 Å². The predicted molar refractivity (Wildman–Crippen MR) is 162 cm³/mol. The zero-order chi connectivity index (χ0) is 31.1. The van der Waals surface area contributed by atoms with Gasteiger partial charge in [-0.15, -0.1) is 0 Å². The third kappa shape index (κ3) is 6.05. The Morgan fingerprint density at radius 3 is 2.55 bits per heavy atom. The van der Waals surface area contributed by atoms with Crippen LogP contribution in [0, 0.1) is 0 Å². The molecular weight excluding hydrogens is 564 g/mol. The van der Waals surface area contributed by atoms with Crippen LogP contribution in [-0.2, 0) is 25.5 Å². The highest BCUT2D eigenvalue weighted by atomic mass is 16.7. The summed E-state index contributed by atoms with van der Waals surface area (Å²) in [4.78, 5) is 29.9. The average molecular weight is 613 g/mol. The van der Waals surface area contributed by atoms with Crippen molar-refractivity contribution in [2.75, 3.05) is 27.0 Å². The summed E-state index contributed by atoms with van der Waals surface area (Å²) in [5.41, 5.74) is -1.29. The maximum atomic E-state index is 14.2. The minimum Gasteiger partial charge on any atom is -0.497 e. The van der Waals surface area contributed by atoms with E-state index in [9.17, 15) is 19.8 Å². The Hall–Kier alpha value is -2.82. The molecule has 1 spiro atoms. The van der Waals surface area contributed by atoms with Crippen LogP contribution in [0.1, 0.15) is 102 Å². The van der Waals surface area contributed by atoms with Crippen molar-refractivity contribution in [1.29, 1.82) is 0 Å². The van der Waals surface area contributed by atoms with Gasteiger partial charge in [0, 0.05) is 12.6 Å². The smallest absolute Gasteiger partial charge is 0.339 e. The Kier molecular flexibility index (Phi) is 8.63. The molecule has 4 atom stereocenters. The van der Waals surface area contributed by atoms with Crippen molar-refractivity contribution >= 4 is 11.9 Å². The Morgan fingerprint density at radius 1 is 1.07 bits per heavy atom. The van der Waals surface area contributed by atoms with Crippen LogP contribution < -0.4 is 14.8 Å². The van der Waals surface area contributed by atoms with Crippen LogP contribution in [0.5, 0.6) is 11.5 Å². The summed E-state index contributed by atoms with van der Waals surface area (Å²) >= 11 is 0. The molecule has 1 aromatic rings. The molecular formula is C34H48N2O8. The largest absolute Gasteiger partial charge is 0.497 e. The minimum absolute atomic E-state index is 0.0101. The molecule has 44 heavy (non-hydrogen) atoms. The molecule has 1 amide bonds. The maximum absolute atomic E-state index is 14.2. The number of rotatable bonds is 10. The second-order valence-corrected chi connectivity index (χ2v) is 14.1. The average Bonchev–Trinajstić information content (AvgIpc) is 3.66.